The fourth-order valence-corrected chi connectivity index (χ4v) is 5.93. The smallest absolute Gasteiger partial charge is 0.233 e. The normalized spacial score (nSPS) is 18.7. The second-order valence-electron chi connectivity index (χ2n) is 8.54. The minimum atomic E-state index is -3.01. The second kappa shape index (κ2) is 8.10. The van der Waals surface area contributed by atoms with Gasteiger partial charge in [0.15, 0.2) is 20.8 Å². The van der Waals surface area contributed by atoms with Crippen LogP contribution in [0.3, 0.4) is 0 Å². The summed E-state index contributed by atoms with van der Waals surface area (Å²) in [5, 5.41) is 9.16. The molecule has 7 nitrogen and oxygen atoms in total. The first-order valence-electron chi connectivity index (χ1n) is 9.57. The van der Waals surface area contributed by atoms with Crippen molar-refractivity contribution < 1.29 is 13.2 Å². The van der Waals surface area contributed by atoms with Crippen LogP contribution < -0.4 is 0 Å². The average molecular weight is 437 g/mol. The van der Waals surface area contributed by atoms with Gasteiger partial charge in [0, 0.05) is 25.7 Å². The molecule has 2 heterocycles. The molecular weight excluding hydrogens is 408 g/mol. The number of amides is 1. The van der Waals surface area contributed by atoms with Gasteiger partial charge in [-0.1, -0.05) is 56.8 Å². The first kappa shape index (κ1) is 21.8. The van der Waals surface area contributed by atoms with Crippen molar-refractivity contribution in [3.63, 3.8) is 0 Å². The van der Waals surface area contributed by atoms with Crippen molar-refractivity contribution in [2.75, 3.05) is 24.3 Å². The highest BCUT2D eigenvalue weighted by molar-refractivity contribution is 7.99. The summed E-state index contributed by atoms with van der Waals surface area (Å²) in [4.78, 5) is 14.0. The fourth-order valence-electron chi connectivity index (χ4n) is 3.32. The van der Waals surface area contributed by atoms with E-state index >= 15 is 0 Å². The number of nitrogens with zero attached hydrogens (tertiary/aromatic N) is 4. The van der Waals surface area contributed by atoms with E-state index in [0.29, 0.717) is 11.6 Å². The lowest BCUT2D eigenvalue weighted by Crippen LogP contribution is -2.38. The van der Waals surface area contributed by atoms with E-state index in [2.05, 4.69) is 43.1 Å². The Hall–Kier alpha value is -1.87. The van der Waals surface area contributed by atoms with Gasteiger partial charge in [0.1, 0.15) is 0 Å². The van der Waals surface area contributed by atoms with Crippen molar-refractivity contribution in [2.45, 2.75) is 43.8 Å². The Labute approximate surface area is 176 Å². The number of carbonyl (C=O) groups is 1. The maximum atomic E-state index is 12.5. The molecule has 2 aromatic rings. The standard InChI is InChI=1S/C20H28N4O3S2/c1-20(2,3)15-8-6-14(7-9-15)18-21-22-19(24(18)5)28-12-17(25)23(4)16-10-11-29(26,27)13-16/h6-9,16H,10-13H2,1-5H3/t16-/m0/s1. The molecule has 1 aromatic carbocycles. The molecule has 9 heteroatoms. The first-order chi connectivity index (χ1) is 13.5. The van der Waals surface area contributed by atoms with Crippen LogP contribution in [0.25, 0.3) is 11.4 Å². The molecule has 29 heavy (non-hydrogen) atoms. The highest BCUT2D eigenvalue weighted by atomic mass is 32.2. The summed E-state index contributed by atoms with van der Waals surface area (Å²) in [7, 11) is 0.541. The monoisotopic (exact) mass is 436 g/mol. The molecule has 0 saturated carbocycles. The highest BCUT2D eigenvalue weighted by Crippen LogP contribution is 2.27. The predicted octanol–water partition coefficient (Wildman–Crippen LogP) is 2.52. The van der Waals surface area contributed by atoms with Crippen molar-refractivity contribution in [1.82, 2.24) is 19.7 Å². The molecule has 0 bridgehead atoms. The van der Waals surface area contributed by atoms with Crippen molar-refractivity contribution >= 4 is 27.5 Å². The summed E-state index contributed by atoms with van der Waals surface area (Å²) < 4.78 is 25.2. The molecule has 1 aliphatic rings. The van der Waals surface area contributed by atoms with Crippen LogP contribution in [0.5, 0.6) is 0 Å². The summed E-state index contributed by atoms with van der Waals surface area (Å²) in [6, 6.07) is 8.05. The molecule has 0 aliphatic carbocycles. The van der Waals surface area contributed by atoms with Crippen LogP contribution in [0, 0.1) is 0 Å². The summed E-state index contributed by atoms with van der Waals surface area (Å²) in [5.74, 6) is 1.05. The van der Waals surface area contributed by atoms with E-state index in [1.165, 1.54) is 17.3 Å². The maximum absolute atomic E-state index is 12.5. The molecule has 1 aromatic heterocycles. The molecule has 1 saturated heterocycles. The summed E-state index contributed by atoms with van der Waals surface area (Å²) in [6.07, 6.45) is 0.508. The Morgan fingerprint density at radius 1 is 1.24 bits per heavy atom. The Balaban J connectivity index is 1.65. The van der Waals surface area contributed by atoms with Crippen molar-refractivity contribution in [3.05, 3.63) is 29.8 Å². The molecular formula is C20H28N4O3S2. The molecule has 0 spiro atoms. The SMILES string of the molecule is CN(C(=O)CSc1nnc(-c2ccc(C(C)(C)C)cc2)n1C)[C@H]1CCS(=O)(=O)C1. The largest absolute Gasteiger partial charge is 0.341 e. The van der Waals surface area contributed by atoms with E-state index in [4.69, 9.17) is 0 Å². The minimum Gasteiger partial charge on any atom is -0.341 e. The van der Waals surface area contributed by atoms with Crippen molar-refractivity contribution in [2.24, 2.45) is 7.05 Å². The van der Waals surface area contributed by atoms with Gasteiger partial charge in [-0.2, -0.15) is 0 Å². The zero-order valence-electron chi connectivity index (χ0n) is 17.5. The van der Waals surface area contributed by atoms with Gasteiger partial charge in [-0.15, -0.1) is 10.2 Å². The van der Waals surface area contributed by atoms with Crippen LogP contribution in [-0.2, 0) is 27.1 Å². The van der Waals surface area contributed by atoms with Gasteiger partial charge in [0.2, 0.25) is 5.91 Å². The van der Waals surface area contributed by atoms with E-state index in [1.54, 1.807) is 11.9 Å². The van der Waals surface area contributed by atoms with Gasteiger partial charge >= 0.3 is 0 Å². The van der Waals surface area contributed by atoms with Crippen LogP contribution in [0.2, 0.25) is 0 Å². The van der Waals surface area contributed by atoms with Gasteiger partial charge in [-0.3, -0.25) is 4.79 Å². The third-order valence-corrected chi connectivity index (χ3v) is 8.07. The molecule has 0 N–H and O–H groups in total. The molecule has 0 radical (unpaired) electrons. The van der Waals surface area contributed by atoms with Gasteiger partial charge in [0.05, 0.1) is 17.3 Å². The lowest BCUT2D eigenvalue weighted by atomic mass is 9.87. The number of hydrogen-bond acceptors (Lipinski definition) is 6. The van der Waals surface area contributed by atoms with E-state index in [-0.39, 0.29) is 34.6 Å². The number of aromatic nitrogens is 3. The predicted molar refractivity (Wildman–Crippen MR) is 116 cm³/mol. The van der Waals surface area contributed by atoms with Crippen LogP contribution in [0.15, 0.2) is 29.4 Å². The maximum Gasteiger partial charge on any atom is 0.233 e. The Morgan fingerprint density at radius 2 is 1.90 bits per heavy atom. The summed E-state index contributed by atoms with van der Waals surface area (Å²) in [6.45, 7) is 6.52. The Kier molecular flexibility index (Phi) is 6.10. The van der Waals surface area contributed by atoms with Crippen LogP contribution in [0.1, 0.15) is 32.8 Å². The van der Waals surface area contributed by atoms with Gasteiger partial charge in [-0.25, -0.2) is 8.42 Å². The first-order valence-corrected chi connectivity index (χ1v) is 12.4. The van der Waals surface area contributed by atoms with Crippen molar-refractivity contribution in [3.8, 4) is 11.4 Å². The quantitative estimate of drug-likeness (QED) is 0.670. The molecule has 3 rings (SSSR count). The molecule has 158 valence electrons. The Bertz CT molecular complexity index is 992. The second-order valence-corrected chi connectivity index (χ2v) is 11.7. The third kappa shape index (κ3) is 5.01. The fraction of sp³-hybridized carbons (Fsp3) is 0.550. The number of thioether (sulfide) groups is 1. The number of benzene rings is 1. The number of sulfone groups is 1. The summed E-state index contributed by atoms with van der Waals surface area (Å²) in [5.41, 5.74) is 2.31. The van der Waals surface area contributed by atoms with Gasteiger partial charge < -0.3 is 9.47 Å². The van der Waals surface area contributed by atoms with Crippen molar-refractivity contribution in [1.29, 1.82) is 0 Å². The van der Waals surface area contributed by atoms with Crippen LogP contribution >= 0.6 is 11.8 Å². The number of carbonyl (C=O) groups excluding carboxylic acids is 1. The van der Waals surface area contributed by atoms with Crippen LogP contribution in [-0.4, -0.2) is 64.3 Å². The third-order valence-electron chi connectivity index (χ3n) is 5.32. The number of hydrogen-bond donors (Lipinski definition) is 0. The van der Waals surface area contributed by atoms with E-state index in [1.807, 2.05) is 23.7 Å². The zero-order chi connectivity index (χ0) is 21.4. The molecule has 1 fully saturated rings. The molecule has 1 aliphatic heterocycles. The topological polar surface area (TPSA) is 85.2 Å². The lowest BCUT2D eigenvalue weighted by Gasteiger charge is -2.23. The van der Waals surface area contributed by atoms with Crippen LogP contribution in [0.4, 0.5) is 0 Å². The highest BCUT2D eigenvalue weighted by Gasteiger charge is 2.32. The lowest BCUT2D eigenvalue weighted by molar-refractivity contribution is -0.128. The molecule has 0 unspecified atom stereocenters. The molecule has 1 atom stereocenters. The van der Waals surface area contributed by atoms with Gasteiger partial charge in [0.25, 0.3) is 0 Å². The van der Waals surface area contributed by atoms with E-state index < -0.39 is 9.84 Å². The van der Waals surface area contributed by atoms with Gasteiger partial charge in [-0.05, 0) is 17.4 Å². The minimum absolute atomic E-state index is 0.0541. The summed E-state index contributed by atoms with van der Waals surface area (Å²) >= 11 is 1.31. The van der Waals surface area contributed by atoms with E-state index in [0.717, 1.165) is 11.4 Å². The molecule has 1 amide bonds. The zero-order valence-corrected chi connectivity index (χ0v) is 19.2. The number of rotatable bonds is 5. The Morgan fingerprint density at radius 3 is 2.45 bits per heavy atom. The average Bonchev–Trinajstić information content (AvgIpc) is 3.20. The van der Waals surface area contributed by atoms with E-state index in [9.17, 15) is 13.2 Å².